The first-order valence-electron chi connectivity index (χ1n) is 5.42. The van der Waals surface area contributed by atoms with Crippen LogP contribution >= 0.6 is 11.6 Å². The molecule has 0 heterocycles. The number of ether oxygens (including phenoxy) is 1. The summed E-state index contributed by atoms with van der Waals surface area (Å²) in [6.45, 7) is 2.81. The second-order valence-electron chi connectivity index (χ2n) is 3.85. The monoisotopic (exact) mass is 283 g/mol. The van der Waals surface area contributed by atoms with Gasteiger partial charge < -0.3 is 15.2 Å². The molecule has 5 nitrogen and oxygen atoms in total. The largest absolute Gasteiger partial charge is 0.495 e. The van der Waals surface area contributed by atoms with Crippen molar-refractivity contribution < 1.29 is 19.4 Å². The van der Waals surface area contributed by atoms with Crippen molar-refractivity contribution in [2.45, 2.75) is 13.8 Å². The molecule has 0 radical (unpaired) electrons. The predicted molar refractivity (Wildman–Crippen MR) is 72.6 cm³/mol. The Labute approximate surface area is 115 Å². The number of carboxylic acid groups (broad SMARTS) is 1. The third-order valence-corrected chi connectivity index (χ3v) is 2.87. The highest BCUT2D eigenvalue weighted by atomic mass is 35.5. The van der Waals surface area contributed by atoms with Crippen LogP contribution in [0.1, 0.15) is 13.8 Å². The molecule has 0 aromatic heterocycles. The van der Waals surface area contributed by atoms with Gasteiger partial charge in [-0.15, -0.1) is 0 Å². The zero-order valence-electron chi connectivity index (χ0n) is 10.8. The molecule has 102 valence electrons. The Morgan fingerprint density at radius 2 is 1.89 bits per heavy atom. The number of carbonyl (C=O) groups is 2. The van der Waals surface area contributed by atoms with Gasteiger partial charge in [-0.2, -0.15) is 0 Å². The van der Waals surface area contributed by atoms with E-state index < -0.39 is 11.9 Å². The molecule has 0 saturated heterocycles. The van der Waals surface area contributed by atoms with Gasteiger partial charge in [0.05, 0.1) is 12.8 Å². The first-order valence-corrected chi connectivity index (χ1v) is 5.80. The minimum atomic E-state index is -1.13. The van der Waals surface area contributed by atoms with Gasteiger partial charge in [0.15, 0.2) is 0 Å². The summed E-state index contributed by atoms with van der Waals surface area (Å²) < 4.78 is 5.08. The summed E-state index contributed by atoms with van der Waals surface area (Å²) in [4.78, 5) is 22.7. The summed E-state index contributed by atoms with van der Waals surface area (Å²) in [5.41, 5.74) is 0.491. The molecular formula is C13H14ClNO4. The predicted octanol–water partition coefficient (Wildman–Crippen LogP) is 2.71. The fourth-order valence-corrected chi connectivity index (χ4v) is 1.50. The van der Waals surface area contributed by atoms with E-state index in [4.69, 9.17) is 21.4 Å². The number of rotatable bonds is 4. The third kappa shape index (κ3) is 3.72. The Morgan fingerprint density at radius 3 is 2.42 bits per heavy atom. The van der Waals surface area contributed by atoms with Crippen LogP contribution in [0.2, 0.25) is 5.02 Å². The molecule has 0 bridgehead atoms. The molecule has 6 heteroatoms. The molecule has 0 atom stereocenters. The van der Waals surface area contributed by atoms with Crippen LogP contribution in [0.25, 0.3) is 0 Å². The van der Waals surface area contributed by atoms with Crippen molar-refractivity contribution in [2.24, 2.45) is 0 Å². The van der Waals surface area contributed by atoms with Crippen LogP contribution in [-0.2, 0) is 9.59 Å². The first-order chi connectivity index (χ1) is 8.86. The number of anilines is 1. The van der Waals surface area contributed by atoms with Crippen molar-refractivity contribution in [3.05, 3.63) is 34.4 Å². The Bertz CT molecular complexity index is 552. The number of nitrogens with one attached hydrogen (secondary N) is 1. The molecule has 0 spiro atoms. The van der Waals surface area contributed by atoms with E-state index in [1.54, 1.807) is 12.1 Å². The van der Waals surface area contributed by atoms with E-state index in [9.17, 15) is 9.59 Å². The van der Waals surface area contributed by atoms with Crippen molar-refractivity contribution in [3.8, 4) is 5.75 Å². The lowest BCUT2D eigenvalue weighted by Crippen LogP contribution is -2.16. The lowest BCUT2D eigenvalue weighted by atomic mass is 10.1. The second-order valence-corrected chi connectivity index (χ2v) is 4.29. The van der Waals surface area contributed by atoms with Gasteiger partial charge in [-0.1, -0.05) is 11.6 Å². The highest BCUT2D eigenvalue weighted by Crippen LogP contribution is 2.28. The summed E-state index contributed by atoms with van der Waals surface area (Å²) in [6.07, 6.45) is 0. The maximum absolute atomic E-state index is 11.9. The van der Waals surface area contributed by atoms with Crippen LogP contribution in [0, 0.1) is 0 Å². The lowest BCUT2D eigenvalue weighted by molar-refractivity contribution is -0.133. The van der Waals surface area contributed by atoms with Crippen molar-refractivity contribution in [2.75, 3.05) is 12.4 Å². The van der Waals surface area contributed by atoms with Gasteiger partial charge in [-0.25, -0.2) is 4.79 Å². The summed E-state index contributed by atoms with van der Waals surface area (Å²) in [6, 6.07) is 4.77. The van der Waals surface area contributed by atoms with Crippen molar-refractivity contribution in [3.63, 3.8) is 0 Å². The van der Waals surface area contributed by atoms with Crippen LogP contribution in [-0.4, -0.2) is 24.1 Å². The number of aliphatic carboxylic acids is 1. The van der Waals surface area contributed by atoms with Crippen molar-refractivity contribution >= 4 is 29.2 Å². The molecule has 0 aliphatic heterocycles. The fourth-order valence-electron chi connectivity index (χ4n) is 1.32. The topological polar surface area (TPSA) is 75.6 Å². The molecule has 0 fully saturated rings. The number of benzene rings is 1. The van der Waals surface area contributed by atoms with E-state index >= 15 is 0 Å². The van der Waals surface area contributed by atoms with E-state index in [-0.39, 0.29) is 11.1 Å². The van der Waals surface area contributed by atoms with Crippen LogP contribution in [0.5, 0.6) is 5.75 Å². The standard InChI is InChI=1S/C13H14ClNO4/c1-7(8(2)13(17)18)12(16)15-10-6-9(14)4-5-11(10)19-3/h4-6H,1-3H3,(H,15,16)(H,17,18). The van der Waals surface area contributed by atoms with E-state index in [1.165, 1.54) is 27.0 Å². The van der Waals surface area contributed by atoms with E-state index in [1.807, 2.05) is 0 Å². The fraction of sp³-hybridized carbons (Fsp3) is 0.231. The Morgan fingerprint density at radius 1 is 1.26 bits per heavy atom. The molecule has 1 amide bonds. The SMILES string of the molecule is COc1ccc(Cl)cc1NC(=O)C(C)=C(C)C(=O)O. The number of methoxy groups -OCH3 is 1. The highest BCUT2D eigenvalue weighted by molar-refractivity contribution is 6.31. The highest BCUT2D eigenvalue weighted by Gasteiger charge is 2.14. The summed E-state index contributed by atoms with van der Waals surface area (Å²) >= 11 is 5.84. The molecule has 0 aliphatic carbocycles. The Kier molecular flexibility index (Phi) is 4.94. The molecule has 1 rings (SSSR count). The first kappa shape index (κ1) is 15.0. The maximum atomic E-state index is 11.9. The molecule has 0 saturated carbocycles. The molecular weight excluding hydrogens is 270 g/mol. The number of carbonyl (C=O) groups excluding carboxylic acids is 1. The van der Waals surface area contributed by atoms with Crippen molar-refractivity contribution in [1.82, 2.24) is 0 Å². The Hall–Kier alpha value is -2.01. The molecule has 2 N–H and O–H groups in total. The molecule has 0 aliphatic rings. The second kappa shape index (κ2) is 6.24. The zero-order chi connectivity index (χ0) is 14.6. The third-order valence-electron chi connectivity index (χ3n) is 2.63. The van der Waals surface area contributed by atoms with E-state index in [2.05, 4.69) is 5.32 Å². The maximum Gasteiger partial charge on any atom is 0.331 e. The van der Waals surface area contributed by atoms with Gasteiger partial charge in [0, 0.05) is 16.2 Å². The zero-order valence-corrected chi connectivity index (χ0v) is 11.5. The quantitative estimate of drug-likeness (QED) is 0.833. The average Bonchev–Trinajstić information content (AvgIpc) is 2.37. The molecule has 0 unspecified atom stereocenters. The smallest absolute Gasteiger partial charge is 0.331 e. The van der Waals surface area contributed by atoms with Gasteiger partial charge >= 0.3 is 5.97 Å². The lowest BCUT2D eigenvalue weighted by Gasteiger charge is -2.11. The summed E-state index contributed by atoms with van der Waals surface area (Å²) in [7, 11) is 1.46. The van der Waals surface area contributed by atoms with Crippen LogP contribution < -0.4 is 10.1 Å². The molecule has 1 aromatic carbocycles. The van der Waals surface area contributed by atoms with E-state index in [0.29, 0.717) is 16.5 Å². The number of hydrogen-bond acceptors (Lipinski definition) is 3. The van der Waals surface area contributed by atoms with Gasteiger partial charge in [0.25, 0.3) is 5.91 Å². The van der Waals surface area contributed by atoms with Gasteiger partial charge in [0.1, 0.15) is 5.75 Å². The van der Waals surface area contributed by atoms with Gasteiger partial charge in [-0.05, 0) is 32.0 Å². The van der Waals surface area contributed by atoms with Crippen molar-refractivity contribution in [1.29, 1.82) is 0 Å². The van der Waals surface area contributed by atoms with Gasteiger partial charge in [-0.3, -0.25) is 4.79 Å². The minimum Gasteiger partial charge on any atom is -0.495 e. The molecule has 19 heavy (non-hydrogen) atoms. The number of hydrogen-bond donors (Lipinski definition) is 2. The number of halogens is 1. The van der Waals surface area contributed by atoms with Crippen LogP contribution in [0.15, 0.2) is 29.3 Å². The van der Waals surface area contributed by atoms with Gasteiger partial charge in [0.2, 0.25) is 0 Å². The van der Waals surface area contributed by atoms with Crippen LogP contribution in [0.4, 0.5) is 5.69 Å². The van der Waals surface area contributed by atoms with E-state index in [0.717, 1.165) is 0 Å². The summed E-state index contributed by atoms with van der Waals surface area (Å²) in [5.74, 6) is -1.20. The molecule has 1 aromatic rings. The normalized spacial score (nSPS) is 11.6. The number of amides is 1. The van der Waals surface area contributed by atoms with Crippen LogP contribution in [0.3, 0.4) is 0 Å². The summed E-state index contributed by atoms with van der Waals surface area (Å²) in [5, 5.41) is 11.8. The minimum absolute atomic E-state index is 0.0153. The average molecular weight is 284 g/mol. The number of carboxylic acids is 1. The Balaban J connectivity index is 3.03.